The van der Waals surface area contributed by atoms with Gasteiger partial charge in [0.05, 0.1) is 21.5 Å². The molecule has 1 fully saturated rings. The molecule has 0 spiro atoms. The Kier molecular flexibility index (Phi) is 6.88. The van der Waals surface area contributed by atoms with Crippen LogP contribution in [0.5, 0.6) is 0 Å². The molecule has 0 bridgehead atoms. The lowest BCUT2D eigenvalue weighted by atomic mass is 10.2. The molecule has 4 rings (SSSR count). The molecule has 8 heteroatoms. The van der Waals surface area contributed by atoms with Gasteiger partial charge in [-0.3, -0.25) is 9.78 Å². The fraction of sp³-hybridized carbons (Fsp3) is 0.346. The maximum atomic E-state index is 12.7. The Morgan fingerprint density at radius 3 is 2.56 bits per heavy atom. The SMILES string of the molecule is CN(C(=O)OC(C)(C)C)C1CCN(c2ccc(NC(=O)c3ccc(-c4ccccn4)s3)cc2)C1. The molecule has 2 aromatic heterocycles. The lowest BCUT2D eigenvalue weighted by Crippen LogP contribution is -2.42. The number of likely N-dealkylation sites (N-methyl/N-ethyl adjacent to an activating group) is 1. The molecule has 1 unspecified atom stereocenters. The largest absolute Gasteiger partial charge is 0.444 e. The first-order valence-corrected chi connectivity index (χ1v) is 12.1. The fourth-order valence-electron chi connectivity index (χ4n) is 3.83. The van der Waals surface area contributed by atoms with Crippen LogP contribution in [0.25, 0.3) is 10.6 Å². The Balaban J connectivity index is 1.33. The van der Waals surface area contributed by atoms with Gasteiger partial charge in [-0.25, -0.2) is 4.79 Å². The van der Waals surface area contributed by atoms with Crippen LogP contribution in [0.1, 0.15) is 36.9 Å². The number of rotatable bonds is 5. The van der Waals surface area contributed by atoms with Gasteiger partial charge in [0.25, 0.3) is 5.91 Å². The molecule has 34 heavy (non-hydrogen) atoms. The van der Waals surface area contributed by atoms with Crippen molar-refractivity contribution in [3.63, 3.8) is 0 Å². The second-order valence-electron chi connectivity index (χ2n) is 9.36. The summed E-state index contributed by atoms with van der Waals surface area (Å²) in [7, 11) is 1.80. The number of aromatic nitrogens is 1. The topological polar surface area (TPSA) is 74.8 Å². The number of nitrogens with zero attached hydrogens (tertiary/aromatic N) is 3. The van der Waals surface area contributed by atoms with Crippen molar-refractivity contribution in [1.29, 1.82) is 0 Å². The van der Waals surface area contributed by atoms with Gasteiger partial charge < -0.3 is 19.9 Å². The van der Waals surface area contributed by atoms with Gasteiger partial charge >= 0.3 is 6.09 Å². The molecule has 1 aliphatic rings. The zero-order valence-corrected chi connectivity index (χ0v) is 20.8. The molecule has 1 N–H and O–H groups in total. The van der Waals surface area contributed by atoms with Crippen LogP contribution in [0.15, 0.2) is 60.8 Å². The molecule has 3 heterocycles. The van der Waals surface area contributed by atoms with Crippen molar-refractivity contribution >= 4 is 34.7 Å². The summed E-state index contributed by atoms with van der Waals surface area (Å²) < 4.78 is 5.49. The van der Waals surface area contributed by atoms with E-state index in [0.717, 1.165) is 41.5 Å². The van der Waals surface area contributed by atoms with Crippen LogP contribution in [0.4, 0.5) is 16.2 Å². The van der Waals surface area contributed by atoms with Crippen molar-refractivity contribution in [1.82, 2.24) is 9.88 Å². The first kappa shape index (κ1) is 23.8. The van der Waals surface area contributed by atoms with Gasteiger partial charge in [0.15, 0.2) is 0 Å². The van der Waals surface area contributed by atoms with Crippen molar-refractivity contribution in [3.05, 3.63) is 65.7 Å². The minimum Gasteiger partial charge on any atom is -0.444 e. The summed E-state index contributed by atoms with van der Waals surface area (Å²) in [5.74, 6) is -0.139. The van der Waals surface area contributed by atoms with Crippen molar-refractivity contribution in [2.75, 3.05) is 30.4 Å². The Morgan fingerprint density at radius 2 is 1.88 bits per heavy atom. The number of anilines is 2. The molecule has 3 aromatic rings. The highest BCUT2D eigenvalue weighted by Crippen LogP contribution is 2.28. The van der Waals surface area contributed by atoms with E-state index in [1.54, 1.807) is 18.1 Å². The van der Waals surface area contributed by atoms with Crippen molar-refractivity contribution in [2.45, 2.75) is 38.8 Å². The van der Waals surface area contributed by atoms with E-state index in [0.29, 0.717) is 4.88 Å². The second-order valence-corrected chi connectivity index (χ2v) is 10.4. The van der Waals surface area contributed by atoms with Crippen LogP contribution in [-0.4, -0.2) is 53.7 Å². The van der Waals surface area contributed by atoms with Gasteiger partial charge in [-0.2, -0.15) is 0 Å². The van der Waals surface area contributed by atoms with E-state index in [2.05, 4.69) is 15.2 Å². The monoisotopic (exact) mass is 478 g/mol. The first-order valence-electron chi connectivity index (χ1n) is 11.3. The number of carbonyl (C=O) groups is 2. The van der Waals surface area contributed by atoms with E-state index in [1.165, 1.54) is 11.3 Å². The van der Waals surface area contributed by atoms with E-state index in [1.807, 2.05) is 75.4 Å². The van der Waals surface area contributed by atoms with Gasteiger partial charge in [0, 0.05) is 37.7 Å². The molecule has 0 radical (unpaired) electrons. The van der Waals surface area contributed by atoms with E-state index >= 15 is 0 Å². The lowest BCUT2D eigenvalue weighted by Gasteiger charge is -2.28. The molecule has 1 aliphatic heterocycles. The lowest BCUT2D eigenvalue weighted by molar-refractivity contribution is 0.0238. The summed E-state index contributed by atoms with van der Waals surface area (Å²) in [5, 5.41) is 2.97. The highest BCUT2D eigenvalue weighted by Gasteiger charge is 2.31. The standard InChI is InChI=1S/C26H30N4O3S/c1-26(2,3)33-25(32)29(4)20-14-16-30(17-20)19-10-8-18(9-11-19)28-24(31)23-13-12-22(34-23)21-7-5-6-15-27-21/h5-13,15,20H,14,16-17H2,1-4H3,(H,28,31). The number of amides is 2. The number of thiophene rings is 1. The fourth-order valence-corrected chi connectivity index (χ4v) is 4.71. The zero-order chi connectivity index (χ0) is 24.3. The molecule has 2 amide bonds. The number of ether oxygens (including phenoxy) is 1. The van der Waals surface area contributed by atoms with Crippen LogP contribution < -0.4 is 10.2 Å². The maximum absolute atomic E-state index is 12.7. The van der Waals surface area contributed by atoms with Crippen molar-refractivity contribution in [2.24, 2.45) is 0 Å². The average molecular weight is 479 g/mol. The number of hydrogen-bond donors (Lipinski definition) is 1. The third kappa shape index (κ3) is 5.75. The van der Waals surface area contributed by atoms with Crippen molar-refractivity contribution < 1.29 is 14.3 Å². The summed E-state index contributed by atoms with van der Waals surface area (Å²) in [6.07, 6.45) is 2.33. The second kappa shape index (κ2) is 9.85. The summed E-state index contributed by atoms with van der Waals surface area (Å²) in [4.78, 5) is 35.0. The molecule has 178 valence electrons. The number of pyridine rings is 1. The quantitative estimate of drug-likeness (QED) is 0.524. The molecule has 1 aromatic carbocycles. The third-order valence-electron chi connectivity index (χ3n) is 5.63. The number of benzene rings is 1. The van der Waals surface area contributed by atoms with Gasteiger partial charge in [-0.05, 0) is 75.7 Å². The maximum Gasteiger partial charge on any atom is 0.410 e. The first-order chi connectivity index (χ1) is 16.2. The molecule has 0 saturated carbocycles. The summed E-state index contributed by atoms with van der Waals surface area (Å²) in [6.45, 7) is 7.22. The van der Waals surface area contributed by atoms with Gasteiger partial charge in [-0.15, -0.1) is 11.3 Å². The minimum absolute atomic E-state index is 0.0985. The average Bonchev–Trinajstić information content (AvgIpc) is 3.49. The predicted molar refractivity (Wildman–Crippen MR) is 137 cm³/mol. The molecule has 1 saturated heterocycles. The van der Waals surface area contributed by atoms with Crippen LogP contribution in [0, 0.1) is 0 Å². The summed E-state index contributed by atoms with van der Waals surface area (Å²) in [6, 6.07) is 17.4. The van der Waals surface area contributed by atoms with E-state index < -0.39 is 5.60 Å². The Hall–Kier alpha value is -3.39. The van der Waals surface area contributed by atoms with Gasteiger partial charge in [0.1, 0.15) is 5.60 Å². The zero-order valence-electron chi connectivity index (χ0n) is 19.9. The van der Waals surface area contributed by atoms with Crippen LogP contribution in [-0.2, 0) is 4.74 Å². The number of nitrogens with one attached hydrogen (secondary N) is 1. The smallest absolute Gasteiger partial charge is 0.410 e. The molecule has 0 aliphatic carbocycles. The molecular weight excluding hydrogens is 448 g/mol. The summed E-state index contributed by atoms with van der Waals surface area (Å²) in [5.41, 5.74) is 2.15. The van der Waals surface area contributed by atoms with Crippen LogP contribution in [0.3, 0.4) is 0 Å². The van der Waals surface area contributed by atoms with Gasteiger partial charge in [-0.1, -0.05) is 6.07 Å². The van der Waals surface area contributed by atoms with Crippen LogP contribution in [0.2, 0.25) is 0 Å². The normalized spacial score (nSPS) is 15.8. The van der Waals surface area contributed by atoms with E-state index in [-0.39, 0.29) is 18.0 Å². The number of carbonyl (C=O) groups excluding carboxylic acids is 2. The molecule has 1 atom stereocenters. The summed E-state index contributed by atoms with van der Waals surface area (Å²) >= 11 is 1.42. The molecule has 7 nitrogen and oxygen atoms in total. The third-order valence-corrected chi connectivity index (χ3v) is 6.74. The Morgan fingerprint density at radius 1 is 1.12 bits per heavy atom. The minimum atomic E-state index is -0.507. The van der Waals surface area contributed by atoms with Gasteiger partial charge in [0.2, 0.25) is 0 Å². The van der Waals surface area contributed by atoms with Crippen molar-refractivity contribution in [3.8, 4) is 10.6 Å². The van der Waals surface area contributed by atoms with E-state index in [4.69, 9.17) is 4.74 Å². The highest BCUT2D eigenvalue weighted by molar-refractivity contribution is 7.17. The number of hydrogen-bond acceptors (Lipinski definition) is 6. The van der Waals surface area contributed by atoms with E-state index in [9.17, 15) is 9.59 Å². The molecular formula is C26H30N4O3S. The highest BCUT2D eigenvalue weighted by atomic mass is 32.1. The Labute approximate surface area is 204 Å². The van der Waals surface area contributed by atoms with Crippen LogP contribution >= 0.6 is 11.3 Å². The Bertz CT molecular complexity index is 1140. The predicted octanol–water partition coefficient (Wildman–Crippen LogP) is 5.51.